The Hall–Kier alpha value is -0.380. The van der Waals surface area contributed by atoms with Gasteiger partial charge in [0, 0.05) is 5.25 Å². The molecule has 1 aromatic carbocycles. The Bertz CT molecular complexity index is 490. The summed E-state index contributed by atoms with van der Waals surface area (Å²) >= 11 is 2.20. The van der Waals surface area contributed by atoms with Crippen molar-refractivity contribution >= 4 is 24.2 Å². The van der Waals surface area contributed by atoms with Crippen molar-refractivity contribution < 1.29 is 4.74 Å². The second-order valence-corrected chi connectivity index (χ2v) is 8.16. The molecular formula is C19H30ClNOS. The smallest absolute Gasteiger partial charge is 0.119 e. The molecule has 0 amide bonds. The number of nitrogens with one attached hydrogen (secondary N) is 1. The number of ether oxygens (including phenoxy) is 1. The quantitative estimate of drug-likeness (QED) is 0.802. The van der Waals surface area contributed by atoms with Crippen LogP contribution in [-0.2, 0) is 6.42 Å². The van der Waals surface area contributed by atoms with E-state index in [1.165, 1.54) is 49.8 Å². The van der Waals surface area contributed by atoms with Gasteiger partial charge in [0.1, 0.15) is 5.75 Å². The number of fused-ring (bicyclic) bond motifs is 1. The molecule has 3 atom stereocenters. The summed E-state index contributed by atoms with van der Waals surface area (Å²) in [7, 11) is 3.87. The van der Waals surface area contributed by atoms with Crippen molar-refractivity contribution in [3.63, 3.8) is 0 Å². The summed E-state index contributed by atoms with van der Waals surface area (Å²) < 4.78 is 5.42. The monoisotopic (exact) mass is 355 g/mol. The van der Waals surface area contributed by atoms with Crippen LogP contribution in [0.4, 0.5) is 0 Å². The second-order valence-electron chi connectivity index (χ2n) is 6.75. The SMILES string of the molecule is CNCC(CC1CCCS1)C1CCCc2cc(OC)ccc21.Cl. The van der Waals surface area contributed by atoms with E-state index in [-0.39, 0.29) is 12.4 Å². The molecule has 1 N–H and O–H groups in total. The normalized spacial score (nSPS) is 24.6. The van der Waals surface area contributed by atoms with Gasteiger partial charge in [0.25, 0.3) is 0 Å². The van der Waals surface area contributed by atoms with Gasteiger partial charge >= 0.3 is 0 Å². The Kier molecular flexibility index (Phi) is 7.58. The van der Waals surface area contributed by atoms with Crippen molar-refractivity contribution in [2.45, 2.75) is 49.7 Å². The fourth-order valence-electron chi connectivity index (χ4n) is 4.26. The van der Waals surface area contributed by atoms with Crippen LogP contribution in [0.15, 0.2) is 18.2 Å². The van der Waals surface area contributed by atoms with Crippen LogP contribution in [0.5, 0.6) is 5.75 Å². The van der Waals surface area contributed by atoms with Gasteiger partial charge < -0.3 is 10.1 Å². The van der Waals surface area contributed by atoms with Crippen LogP contribution in [0.25, 0.3) is 0 Å². The van der Waals surface area contributed by atoms with Crippen molar-refractivity contribution in [3.05, 3.63) is 29.3 Å². The van der Waals surface area contributed by atoms with Gasteiger partial charge in [-0.1, -0.05) is 6.07 Å². The zero-order valence-electron chi connectivity index (χ0n) is 14.3. The number of aryl methyl sites for hydroxylation is 1. The minimum atomic E-state index is 0. The second kappa shape index (κ2) is 9.19. The van der Waals surface area contributed by atoms with Crippen molar-refractivity contribution in [3.8, 4) is 5.75 Å². The summed E-state index contributed by atoms with van der Waals surface area (Å²) in [5.74, 6) is 3.88. The van der Waals surface area contributed by atoms with Gasteiger partial charge in [-0.25, -0.2) is 0 Å². The molecular weight excluding hydrogens is 326 g/mol. The number of hydrogen-bond acceptors (Lipinski definition) is 3. The highest BCUT2D eigenvalue weighted by Gasteiger charge is 2.30. The molecule has 1 aliphatic carbocycles. The largest absolute Gasteiger partial charge is 0.497 e. The van der Waals surface area contributed by atoms with E-state index in [9.17, 15) is 0 Å². The molecule has 0 spiro atoms. The Morgan fingerprint density at radius 3 is 2.87 bits per heavy atom. The highest BCUT2D eigenvalue weighted by Crippen LogP contribution is 2.42. The minimum Gasteiger partial charge on any atom is -0.497 e. The molecule has 1 saturated heterocycles. The van der Waals surface area contributed by atoms with Crippen LogP contribution in [0, 0.1) is 5.92 Å². The van der Waals surface area contributed by atoms with Crippen LogP contribution in [0.2, 0.25) is 0 Å². The zero-order valence-corrected chi connectivity index (χ0v) is 16.0. The molecule has 23 heavy (non-hydrogen) atoms. The van der Waals surface area contributed by atoms with E-state index in [0.29, 0.717) is 0 Å². The van der Waals surface area contributed by atoms with Crippen LogP contribution >= 0.6 is 24.2 Å². The van der Waals surface area contributed by atoms with E-state index in [2.05, 4.69) is 42.3 Å². The van der Waals surface area contributed by atoms with Crippen LogP contribution < -0.4 is 10.1 Å². The van der Waals surface area contributed by atoms with Crippen molar-refractivity contribution in [2.24, 2.45) is 5.92 Å². The molecule has 0 radical (unpaired) electrons. The summed E-state index contributed by atoms with van der Waals surface area (Å²) in [6.45, 7) is 1.15. The first kappa shape index (κ1) is 19.0. The van der Waals surface area contributed by atoms with Crippen LogP contribution in [0.3, 0.4) is 0 Å². The first-order valence-corrected chi connectivity index (χ1v) is 9.79. The van der Waals surface area contributed by atoms with Gasteiger partial charge in [0.2, 0.25) is 0 Å². The molecule has 2 aliphatic rings. The summed E-state index contributed by atoms with van der Waals surface area (Å²) in [4.78, 5) is 0. The zero-order chi connectivity index (χ0) is 15.4. The van der Waals surface area contributed by atoms with E-state index >= 15 is 0 Å². The predicted molar refractivity (Wildman–Crippen MR) is 103 cm³/mol. The topological polar surface area (TPSA) is 21.3 Å². The van der Waals surface area contributed by atoms with Crippen LogP contribution in [-0.4, -0.2) is 31.7 Å². The van der Waals surface area contributed by atoms with Gasteiger partial charge in [-0.05, 0) is 93.0 Å². The molecule has 130 valence electrons. The maximum atomic E-state index is 5.42. The third kappa shape index (κ3) is 4.58. The lowest BCUT2D eigenvalue weighted by molar-refractivity contribution is 0.342. The van der Waals surface area contributed by atoms with Crippen molar-refractivity contribution in [1.82, 2.24) is 5.32 Å². The lowest BCUT2D eigenvalue weighted by Crippen LogP contribution is -2.29. The van der Waals surface area contributed by atoms with Gasteiger partial charge in [-0.3, -0.25) is 0 Å². The molecule has 1 fully saturated rings. The first-order chi connectivity index (χ1) is 10.8. The third-order valence-corrected chi connectivity index (χ3v) is 6.76. The van der Waals surface area contributed by atoms with E-state index in [1.54, 1.807) is 12.7 Å². The molecule has 4 heteroatoms. The maximum absolute atomic E-state index is 5.42. The third-order valence-electron chi connectivity index (χ3n) is 5.34. The van der Waals surface area contributed by atoms with Gasteiger partial charge in [0.15, 0.2) is 0 Å². The molecule has 1 aromatic rings. The summed E-state index contributed by atoms with van der Waals surface area (Å²) in [5, 5.41) is 4.35. The Labute approximate surface area is 151 Å². The van der Waals surface area contributed by atoms with E-state index in [0.717, 1.165) is 29.4 Å². The standard InChI is InChI=1S/C19H29NOS.ClH/c1-20-13-15(12-17-6-4-10-22-17)18-7-3-5-14-11-16(21-2)8-9-19(14)18;/h8-9,11,15,17-18,20H,3-7,10,12-13H2,1-2H3;1H. The maximum Gasteiger partial charge on any atom is 0.119 e. The molecule has 1 aliphatic heterocycles. The van der Waals surface area contributed by atoms with Crippen molar-refractivity contribution in [2.75, 3.05) is 26.5 Å². The number of rotatable bonds is 6. The Morgan fingerprint density at radius 1 is 1.30 bits per heavy atom. The number of hydrogen-bond donors (Lipinski definition) is 1. The van der Waals surface area contributed by atoms with Gasteiger partial charge in [-0.15, -0.1) is 12.4 Å². The molecule has 3 rings (SSSR count). The first-order valence-electron chi connectivity index (χ1n) is 8.75. The van der Waals surface area contributed by atoms with E-state index in [4.69, 9.17) is 4.74 Å². The predicted octanol–water partition coefficient (Wildman–Crippen LogP) is 4.66. The summed E-state index contributed by atoms with van der Waals surface area (Å²) in [6, 6.07) is 6.75. The number of halogens is 1. The number of thioether (sulfide) groups is 1. The fourth-order valence-corrected chi connectivity index (χ4v) is 5.65. The number of benzene rings is 1. The number of methoxy groups -OCH3 is 1. The molecule has 2 nitrogen and oxygen atoms in total. The minimum absolute atomic E-state index is 0. The Morgan fingerprint density at radius 2 is 2.17 bits per heavy atom. The average Bonchev–Trinajstić information content (AvgIpc) is 3.06. The highest BCUT2D eigenvalue weighted by molar-refractivity contribution is 8.00. The molecule has 3 unspecified atom stereocenters. The highest BCUT2D eigenvalue weighted by atomic mass is 35.5. The lowest BCUT2D eigenvalue weighted by atomic mass is 9.74. The van der Waals surface area contributed by atoms with Gasteiger partial charge in [0.05, 0.1) is 7.11 Å². The van der Waals surface area contributed by atoms with Gasteiger partial charge in [-0.2, -0.15) is 11.8 Å². The average molecular weight is 356 g/mol. The molecule has 1 heterocycles. The lowest BCUT2D eigenvalue weighted by Gasteiger charge is -2.34. The Balaban J connectivity index is 0.00000192. The molecule has 0 bridgehead atoms. The van der Waals surface area contributed by atoms with Crippen LogP contribution in [0.1, 0.15) is 49.1 Å². The fraction of sp³-hybridized carbons (Fsp3) is 0.684. The summed E-state index contributed by atoms with van der Waals surface area (Å²) in [5.41, 5.74) is 3.12. The van der Waals surface area contributed by atoms with E-state index in [1.807, 2.05) is 0 Å². The van der Waals surface area contributed by atoms with E-state index < -0.39 is 0 Å². The molecule has 0 aromatic heterocycles. The van der Waals surface area contributed by atoms with Crippen molar-refractivity contribution in [1.29, 1.82) is 0 Å². The summed E-state index contributed by atoms with van der Waals surface area (Å²) in [6.07, 6.45) is 8.11. The molecule has 0 saturated carbocycles.